The number of benzene rings is 2. The van der Waals surface area contributed by atoms with E-state index < -0.39 is 28.6 Å². The number of nitro groups is 1. The highest BCUT2D eigenvalue weighted by molar-refractivity contribution is 6.31. The number of nitrogens with one attached hydrogen (secondary N) is 1. The van der Waals surface area contributed by atoms with Gasteiger partial charge in [-0.15, -0.1) is 0 Å². The van der Waals surface area contributed by atoms with Crippen LogP contribution in [0.4, 0.5) is 11.4 Å². The summed E-state index contributed by atoms with van der Waals surface area (Å²) in [5.74, 6) is -1.56. The first-order chi connectivity index (χ1) is 11.4. The Balaban J connectivity index is 2.10. The predicted octanol–water partition coefficient (Wildman–Crippen LogP) is 3.43. The second-order valence-electron chi connectivity index (χ2n) is 4.82. The summed E-state index contributed by atoms with van der Waals surface area (Å²) < 4.78 is 5.00. The number of rotatable bonds is 5. The molecule has 8 heteroatoms. The number of amides is 1. The molecule has 2 aromatic carbocycles. The lowest BCUT2D eigenvalue weighted by Crippen LogP contribution is -2.30. The van der Waals surface area contributed by atoms with Crippen molar-refractivity contribution in [2.45, 2.75) is 13.0 Å². The number of esters is 1. The molecule has 0 aromatic heterocycles. The maximum absolute atomic E-state index is 12.1. The average Bonchev–Trinajstić information content (AvgIpc) is 2.55. The predicted molar refractivity (Wildman–Crippen MR) is 88.1 cm³/mol. The molecule has 124 valence electrons. The van der Waals surface area contributed by atoms with Crippen LogP contribution in [0.2, 0.25) is 5.02 Å². The molecule has 7 nitrogen and oxygen atoms in total. The van der Waals surface area contributed by atoms with Crippen molar-refractivity contribution >= 4 is 34.9 Å². The Hall–Kier alpha value is -2.93. The number of anilines is 1. The molecule has 0 saturated heterocycles. The summed E-state index contributed by atoms with van der Waals surface area (Å²) >= 11 is 5.76. The van der Waals surface area contributed by atoms with Gasteiger partial charge in [0.2, 0.25) is 0 Å². The number of halogens is 1. The lowest BCUT2D eigenvalue weighted by atomic mass is 10.2. The van der Waals surface area contributed by atoms with Gasteiger partial charge in [-0.1, -0.05) is 29.8 Å². The smallest absolute Gasteiger partial charge is 0.345 e. The zero-order chi connectivity index (χ0) is 17.7. The molecule has 1 atom stereocenters. The van der Waals surface area contributed by atoms with Crippen LogP contribution >= 0.6 is 11.6 Å². The van der Waals surface area contributed by atoms with Crippen molar-refractivity contribution in [3.8, 4) is 0 Å². The van der Waals surface area contributed by atoms with E-state index >= 15 is 0 Å². The topological polar surface area (TPSA) is 98.5 Å². The summed E-state index contributed by atoms with van der Waals surface area (Å²) in [5, 5.41) is 13.7. The zero-order valence-corrected chi connectivity index (χ0v) is 13.3. The van der Waals surface area contributed by atoms with Gasteiger partial charge in [0, 0.05) is 16.8 Å². The molecule has 1 N–H and O–H groups in total. The summed E-state index contributed by atoms with van der Waals surface area (Å²) in [4.78, 5) is 34.4. The Morgan fingerprint density at radius 1 is 1.21 bits per heavy atom. The van der Waals surface area contributed by atoms with Crippen LogP contribution in [0.1, 0.15) is 17.3 Å². The van der Waals surface area contributed by atoms with Gasteiger partial charge in [0.05, 0.1) is 4.92 Å². The van der Waals surface area contributed by atoms with Crippen molar-refractivity contribution in [3.05, 3.63) is 69.2 Å². The fourth-order valence-electron chi connectivity index (χ4n) is 1.87. The van der Waals surface area contributed by atoms with Gasteiger partial charge in [-0.3, -0.25) is 14.9 Å². The van der Waals surface area contributed by atoms with Crippen LogP contribution < -0.4 is 5.32 Å². The highest BCUT2D eigenvalue weighted by Crippen LogP contribution is 2.24. The third kappa shape index (κ3) is 4.30. The van der Waals surface area contributed by atoms with Crippen molar-refractivity contribution < 1.29 is 19.2 Å². The number of hydrogen-bond acceptors (Lipinski definition) is 5. The lowest BCUT2D eigenvalue weighted by molar-refractivity contribution is -0.385. The quantitative estimate of drug-likeness (QED) is 0.507. The largest absolute Gasteiger partial charge is 0.449 e. The second-order valence-corrected chi connectivity index (χ2v) is 5.26. The van der Waals surface area contributed by atoms with Crippen LogP contribution in [0.5, 0.6) is 0 Å². The molecule has 0 saturated carbocycles. The highest BCUT2D eigenvalue weighted by atomic mass is 35.5. The molecule has 0 aliphatic rings. The zero-order valence-electron chi connectivity index (χ0n) is 12.6. The minimum Gasteiger partial charge on any atom is -0.449 e. The van der Waals surface area contributed by atoms with Crippen LogP contribution in [-0.2, 0) is 9.53 Å². The van der Waals surface area contributed by atoms with Crippen molar-refractivity contribution in [1.82, 2.24) is 0 Å². The third-order valence-electron chi connectivity index (χ3n) is 3.07. The molecule has 0 aliphatic heterocycles. The molecule has 0 bridgehead atoms. The Labute approximate surface area is 142 Å². The van der Waals surface area contributed by atoms with Crippen molar-refractivity contribution in [2.24, 2.45) is 0 Å². The number of nitrogens with zero attached hydrogens (tertiary/aromatic N) is 1. The van der Waals surface area contributed by atoms with Gasteiger partial charge < -0.3 is 10.1 Å². The Bertz CT molecular complexity index is 779. The molecule has 0 heterocycles. The van der Waals surface area contributed by atoms with Crippen molar-refractivity contribution in [2.75, 3.05) is 5.32 Å². The maximum Gasteiger partial charge on any atom is 0.345 e. The van der Waals surface area contributed by atoms with Crippen molar-refractivity contribution in [3.63, 3.8) is 0 Å². The number of carbonyl (C=O) groups excluding carboxylic acids is 2. The lowest BCUT2D eigenvalue weighted by Gasteiger charge is -2.13. The van der Waals surface area contributed by atoms with Gasteiger partial charge in [-0.2, -0.15) is 0 Å². The molecule has 0 spiro atoms. The van der Waals surface area contributed by atoms with Crippen LogP contribution in [0.25, 0.3) is 0 Å². The molecule has 1 amide bonds. The molecular formula is C16H13ClN2O5. The summed E-state index contributed by atoms with van der Waals surface area (Å²) in [6, 6.07) is 12.1. The van der Waals surface area contributed by atoms with E-state index in [1.54, 1.807) is 30.3 Å². The molecule has 2 aromatic rings. The SMILES string of the molecule is CC(OC(=O)c1cc(Cl)ccc1[N+](=O)[O-])C(=O)Nc1ccccc1. The number of hydrogen-bond donors (Lipinski definition) is 1. The van der Waals surface area contributed by atoms with Gasteiger partial charge in [-0.05, 0) is 31.2 Å². The van der Waals surface area contributed by atoms with Gasteiger partial charge in [0.15, 0.2) is 6.10 Å². The normalized spacial score (nSPS) is 11.4. The average molecular weight is 349 g/mol. The van der Waals surface area contributed by atoms with Gasteiger partial charge in [0.1, 0.15) is 5.56 Å². The van der Waals surface area contributed by atoms with E-state index in [2.05, 4.69) is 5.32 Å². The minimum absolute atomic E-state index is 0.147. The Morgan fingerprint density at radius 2 is 1.88 bits per heavy atom. The summed E-state index contributed by atoms with van der Waals surface area (Å²) in [6.45, 7) is 1.37. The van der Waals surface area contributed by atoms with Crippen molar-refractivity contribution in [1.29, 1.82) is 0 Å². The fourth-order valence-corrected chi connectivity index (χ4v) is 2.05. The minimum atomic E-state index is -1.14. The summed E-state index contributed by atoms with van der Waals surface area (Å²) in [5.41, 5.74) is -0.217. The fraction of sp³-hybridized carbons (Fsp3) is 0.125. The summed E-state index contributed by atoms with van der Waals surface area (Å²) in [6.07, 6.45) is -1.14. The molecule has 0 fully saturated rings. The van der Waals surface area contributed by atoms with E-state index in [4.69, 9.17) is 16.3 Å². The molecule has 0 aliphatic carbocycles. The van der Waals surface area contributed by atoms with Gasteiger partial charge in [-0.25, -0.2) is 4.79 Å². The van der Waals surface area contributed by atoms with E-state index in [0.717, 1.165) is 12.1 Å². The maximum atomic E-state index is 12.1. The molecule has 24 heavy (non-hydrogen) atoms. The molecule has 0 radical (unpaired) electrons. The second kappa shape index (κ2) is 7.56. The van der Waals surface area contributed by atoms with E-state index in [1.165, 1.54) is 13.0 Å². The van der Waals surface area contributed by atoms with Crippen LogP contribution in [0, 0.1) is 10.1 Å². The first kappa shape index (κ1) is 17.4. The van der Waals surface area contributed by atoms with Crippen LogP contribution in [-0.4, -0.2) is 22.9 Å². The molecule has 2 rings (SSSR count). The Kier molecular flexibility index (Phi) is 5.49. The standard InChI is InChI=1S/C16H13ClN2O5/c1-10(15(20)18-12-5-3-2-4-6-12)24-16(21)13-9-11(17)7-8-14(13)19(22)23/h2-10H,1H3,(H,18,20). The van der Waals surface area contributed by atoms with Crippen LogP contribution in [0.15, 0.2) is 48.5 Å². The monoisotopic (exact) mass is 348 g/mol. The summed E-state index contributed by atoms with van der Waals surface area (Å²) in [7, 11) is 0. The Morgan fingerprint density at radius 3 is 2.50 bits per heavy atom. The number of ether oxygens (including phenoxy) is 1. The number of para-hydroxylation sites is 1. The van der Waals surface area contributed by atoms with E-state index in [1.807, 2.05) is 0 Å². The number of nitro benzene ring substituents is 1. The first-order valence-electron chi connectivity index (χ1n) is 6.89. The highest BCUT2D eigenvalue weighted by Gasteiger charge is 2.25. The number of carbonyl (C=O) groups is 2. The van der Waals surface area contributed by atoms with Gasteiger partial charge in [0.25, 0.3) is 11.6 Å². The molecule has 1 unspecified atom stereocenters. The van der Waals surface area contributed by atoms with Crippen LogP contribution in [0.3, 0.4) is 0 Å². The molecular weight excluding hydrogens is 336 g/mol. The first-order valence-corrected chi connectivity index (χ1v) is 7.27. The van der Waals surface area contributed by atoms with E-state index in [9.17, 15) is 19.7 Å². The van der Waals surface area contributed by atoms with E-state index in [-0.39, 0.29) is 10.6 Å². The van der Waals surface area contributed by atoms with Gasteiger partial charge >= 0.3 is 5.97 Å². The van der Waals surface area contributed by atoms with E-state index in [0.29, 0.717) is 5.69 Å². The third-order valence-corrected chi connectivity index (χ3v) is 3.30.